The minimum atomic E-state index is -0.256. The van der Waals surface area contributed by atoms with E-state index in [1.807, 2.05) is 24.3 Å². The maximum Gasteiger partial charge on any atom is 0.243 e. The van der Waals surface area contributed by atoms with Gasteiger partial charge in [-0.3, -0.25) is 0 Å². The van der Waals surface area contributed by atoms with Crippen molar-refractivity contribution < 1.29 is 4.39 Å². The van der Waals surface area contributed by atoms with E-state index in [0.717, 1.165) is 17.5 Å². The van der Waals surface area contributed by atoms with E-state index in [1.54, 1.807) is 16.8 Å². The van der Waals surface area contributed by atoms with Gasteiger partial charge < -0.3 is 5.32 Å². The molecule has 0 unspecified atom stereocenters. The van der Waals surface area contributed by atoms with Gasteiger partial charge in [0.05, 0.1) is 12.1 Å². The number of tetrazole rings is 1. The number of aromatic nitrogens is 4. The third-order valence-corrected chi connectivity index (χ3v) is 4.33. The van der Waals surface area contributed by atoms with Crippen LogP contribution in [0.5, 0.6) is 0 Å². The number of hydrogen-bond acceptors (Lipinski definition) is 4. The summed E-state index contributed by atoms with van der Waals surface area (Å²) >= 11 is 5.96. The van der Waals surface area contributed by atoms with Crippen molar-refractivity contribution in [3.63, 3.8) is 0 Å². The van der Waals surface area contributed by atoms with Gasteiger partial charge in [0.1, 0.15) is 5.82 Å². The summed E-state index contributed by atoms with van der Waals surface area (Å²) in [5.41, 5.74) is 2.08. The Kier molecular flexibility index (Phi) is 3.46. The topological polar surface area (TPSA) is 55.6 Å². The third-order valence-electron chi connectivity index (χ3n) is 4.08. The summed E-state index contributed by atoms with van der Waals surface area (Å²) in [5, 5.41) is 15.9. The second-order valence-electron chi connectivity index (χ2n) is 5.50. The molecular formula is C16H13ClFN5. The van der Waals surface area contributed by atoms with Crippen LogP contribution in [-0.2, 0) is 0 Å². The molecule has 4 rings (SSSR count). The highest BCUT2D eigenvalue weighted by Crippen LogP contribution is 2.37. The van der Waals surface area contributed by atoms with Crippen molar-refractivity contribution in [2.75, 3.05) is 5.32 Å². The lowest BCUT2D eigenvalue weighted by atomic mass is 9.93. The number of benzene rings is 2. The molecule has 2 aromatic carbocycles. The highest BCUT2D eigenvalue weighted by molar-refractivity contribution is 6.30. The first-order chi connectivity index (χ1) is 11.2. The molecule has 2 heterocycles. The van der Waals surface area contributed by atoms with Gasteiger partial charge in [-0.2, -0.15) is 0 Å². The van der Waals surface area contributed by atoms with Crippen LogP contribution in [0.2, 0.25) is 5.02 Å². The van der Waals surface area contributed by atoms with Gasteiger partial charge in [0.2, 0.25) is 5.95 Å². The molecule has 0 spiro atoms. The Balaban J connectivity index is 1.71. The van der Waals surface area contributed by atoms with Crippen molar-refractivity contribution in [1.29, 1.82) is 0 Å². The van der Waals surface area contributed by atoms with Crippen LogP contribution in [0.3, 0.4) is 0 Å². The van der Waals surface area contributed by atoms with Gasteiger partial charge in [0.25, 0.3) is 0 Å². The quantitative estimate of drug-likeness (QED) is 0.780. The van der Waals surface area contributed by atoms with E-state index in [9.17, 15) is 4.39 Å². The van der Waals surface area contributed by atoms with Crippen LogP contribution in [0.15, 0.2) is 48.5 Å². The molecule has 5 nitrogen and oxygen atoms in total. The fourth-order valence-corrected chi connectivity index (χ4v) is 3.04. The summed E-state index contributed by atoms with van der Waals surface area (Å²) in [6.07, 6.45) is 0.755. The summed E-state index contributed by atoms with van der Waals surface area (Å²) < 4.78 is 14.9. The van der Waals surface area contributed by atoms with Crippen LogP contribution in [0.4, 0.5) is 10.3 Å². The zero-order valence-electron chi connectivity index (χ0n) is 12.0. The van der Waals surface area contributed by atoms with Crippen molar-refractivity contribution in [3.8, 4) is 0 Å². The van der Waals surface area contributed by atoms with Crippen molar-refractivity contribution in [2.24, 2.45) is 0 Å². The first-order valence-electron chi connectivity index (χ1n) is 7.26. The molecule has 7 heteroatoms. The van der Waals surface area contributed by atoms with Gasteiger partial charge >= 0.3 is 0 Å². The molecule has 0 bridgehead atoms. The number of fused-ring (bicyclic) bond motifs is 1. The normalized spacial score (nSPS) is 19.9. The Morgan fingerprint density at radius 1 is 1.04 bits per heavy atom. The van der Waals surface area contributed by atoms with Crippen LogP contribution in [0.1, 0.15) is 29.6 Å². The number of halogens is 2. The van der Waals surface area contributed by atoms with E-state index >= 15 is 0 Å². The number of nitrogens with one attached hydrogen (secondary N) is 1. The van der Waals surface area contributed by atoms with Crippen LogP contribution in [0.25, 0.3) is 0 Å². The molecule has 0 amide bonds. The SMILES string of the molecule is Fc1ccc([C@@H]2C[C@H](c3ccc(Cl)cc3)Nc3nnnn32)cc1. The average molecular weight is 330 g/mol. The first-order valence-corrected chi connectivity index (χ1v) is 7.64. The molecule has 0 saturated carbocycles. The van der Waals surface area contributed by atoms with E-state index in [2.05, 4.69) is 20.8 Å². The molecule has 0 saturated heterocycles. The Morgan fingerprint density at radius 3 is 2.48 bits per heavy atom. The zero-order chi connectivity index (χ0) is 15.8. The molecule has 2 atom stereocenters. The predicted molar refractivity (Wildman–Crippen MR) is 84.8 cm³/mol. The lowest BCUT2D eigenvalue weighted by molar-refractivity contribution is 0.423. The second kappa shape index (κ2) is 5.62. The number of rotatable bonds is 2. The van der Waals surface area contributed by atoms with Crippen LogP contribution < -0.4 is 5.32 Å². The Morgan fingerprint density at radius 2 is 1.74 bits per heavy atom. The average Bonchev–Trinajstić information content (AvgIpc) is 3.04. The molecule has 116 valence electrons. The fourth-order valence-electron chi connectivity index (χ4n) is 2.91. The third kappa shape index (κ3) is 2.66. The molecule has 1 N–H and O–H groups in total. The van der Waals surface area contributed by atoms with Crippen molar-refractivity contribution in [3.05, 3.63) is 70.5 Å². The highest BCUT2D eigenvalue weighted by atomic mass is 35.5. The lowest BCUT2D eigenvalue weighted by Gasteiger charge is -2.31. The van der Waals surface area contributed by atoms with E-state index in [1.165, 1.54) is 12.1 Å². The maximum absolute atomic E-state index is 13.2. The minimum absolute atomic E-state index is 0.0532. The predicted octanol–water partition coefficient (Wildman–Crippen LogP) is 3.61. The summed E-state index contributed by atoms with van der Waals surface area (Å²) in [6, 6.07) is 14.2. The molecule has 1 aliphatic rings. The number of nitrogens with zero attached hydrogens (tertiary/aromatic N) is 4. The molecule has 23 heavy (non-hydrogen) atoms. The molecule has 0 fully saturated rings. The zero-order valence-corrected chi connectivity index (χ0v) is 12.8. The summed E-state index contributed by atoms with van der Waals surface area (Å²) in [4.78, 5) is 0. The summed E-state index contributed by atoms with van der Waals surface area (Å²) in [5.74, 6) is 0.347. The van der Waals surface area contributed by atoms with E-state index in [0.29, 0.717) is 11.0 Å². The van der Waals surface area contributed by atoms with Gasteiger partial charge in [0, 0.05) is 5.02 Å². The first kappa shape index (κ1) is 14.1. The summed E-state index contributed by atoms with van der Waals surface area (Å²) in [7, 11) is 0. The number of anilines is 1. The monoisotopic (exact) mass is 329 g/mol. The van der Waals surface area contributed by atoms with Crippen molar-refractivity contribution >= 4 is 17.5 Å². The van der Waals surface area contributed by atoms with Gasteiger partial charge in [-0.15, -0.1) is 0 Å². The van der Waals surface area contributed by atoms with E-state index in [-0.39, 0.29) is 17.9 Å². The van der Waals surface area contributed by atoms with Gasteiger partial charge in [0.15, 0.2) is 0 Å². The van der Waals surface area contributed by atoms with Crippen LogP contribution in [0, 0.1) is 5.82 Å². The minimum Gasteiger partial charge on any atom is -0.346 e. The molecular weight excluding hydrogens is 317 g/mol. The standard InChI is InChI=1S/C16H13ClFN5/c17-12-5-1-10(2-6-12)14-9-15(11-3-7-13(18)8-4-11)23-16(19-14)20-21-22-23/h1-8,14-15H,9H2,(H,19,20,22)/t14-,15+/m1/s1. The van der Waals surface area contributed by atoms with E-state index in [4.69, 9.17) is 11.6 Å². The molecule has 3 aromatic rings. The van der Waals surface area contributed by atoms with Gasteiger partial charge in [-0.05, 0) is 52.2 Å². The summed E-state index contributed by atoms with van der Waals surface area (Å²) in [6.45, 7) is 0. The van der Waals surface area contributed by atoms with Crippen LogP contribution >= 0.6 is 11.6 Å². The largest absolute Gasteiger partial charge is 0.346 e. The smallest absolute Gasteiger partial charge is 0.243 e. The Labute approximate surface area is 137 Å². The van der Waals surface area contributed by atoms with Crippen LogP contribution in [-0.4, -0.2) is 20.2 Å². The van der Waals surface area contributed by atoms with Crippen molar-refractivity contribution in [1.82, 2.24) is 20.2 Å². The number of hydrogen-bond donors (Lipinski definition) is 1. The molecule has 1 aliphatic heterocycles. The van der Waals surface area contributed by atoms with Gasteiger partial charge in [-0.25, -0.2) is 9.07 Å². The molecule has 1 aromatic heterocycles. The van der Waals surface area contributed by atoms with E-state index < -0.39 is 0 Å². The second-order valence-corrected chi connectivity index (χ2v) is 5.94. The molecule has 0 aliphatic carbocycles. The van der Waals surface area contributed by atoms with Gasteiger partial charge in [-0.1, -0.05) is 41.0 Å². The highest BCUT2D eigenvalue weighted by Gasteiger charge is 2.30. The molecule has 0 radical (unpaired) electrons. The lowest BCUT2D eigenvalue weighted by Crippen LogP contribution is -2.28. The maximum atomic E-state index is 13.2. The fraction of sp³-hybridized carbons (Fsp3) is 0.188. The Hall–Kier alpha value is -2.47. The Bertz CT molecular complexity index is 815. The van der Waals surface area contributed by atoms with Crippen molar-refractivity contribution in [2.45, 2.75) is 18.5 Å².